The highest BCUT2D eigenvalue weighted by Gasteiger charge is 2.47. The molecule has 1 aromatic rings. The van der Waals surface area contributed by atoms with E-state index >= 15 is 0 Å². The normalized spacial score (nSPS) is 27.8. The minimum Gasteiger partial charge on any atom is -0.507 e. The van der Waals surface area contributed by atoms with Crippen LogP contribution >= 0.6 is 0 Å². The van der Waals surface area contributed by atoms with Crippen molar-refractivity contribution in [2.45, 2.75) is 71.3 Å². The minimum atomic E-state index is -1.05. The smallest absolute Gasteiger partial charge is 0.339 e. The van der Waals surface area contributed by atoms with Gasteiger partial charge in [-0.2, -0.15) is 0 Å². The first-order valence-corrected chi connectivity index (χ1v) is 9.07. The maximum absolute atomic E-state index is 11.8. The number of hydrogen-bond acceptors (Lipinski definition) is 3. The first-order chi connectivity index (χ1) is 11.3. The molecule has 1 aliphatic carbocycles. The van der Waals surface area contributed by atoms with Crippen LogP contribution in [0.4, 0.5) is 0 Å². The Morgan fingerprint density at radius 3 is 2.71 bits per heavy atom. The Kier molecular flexibility index (Phi) is 4.27. The topological polar surface area (TPSA) is 66.8 Å². The maximum Gasteiger partial charge on any atom is 0.339 e. The Balaban J connectivity index is 2.20. The van der Waals surface area contributed by atoms with Gasteiger partial charge in [-0.25, -0.2) is 4.79 Å². The van der Waals surface area contributed by atoms with Gasteiger partial charge >= 0.3 is 5.97 Å². The molecule has 1 saturated carbocycles. The summed E-state index contributed by atoms with van der Waals surface area (Å²) in [6, 6.07) is 1.86. The van der Waals surface area contributed by atoms with E-state index in [2.05, 4.69) is 20.8 Å². The van der Waals surface area contributed by atoms with Gasteiger partial charge in [-0.1, -0.05) is 26.7 Å². The molecule has 0 spiro atoms. The first kappa shape index (κ1) is 17.1. The highest BCUT2D eigenvalue weighted by Crippen LogP contribution is 2.56. The van der Waals surface area contributed by atoms with Crippen LogP contribution in [0.15, 0.2) is 6.07 Å². The summed E-state index contributed by atoms with van der Waals surface area (Å²) in [5.41, 5.74) is 1.16. The van der Waals surface area contributed by atoms with Crippen molar-refractivity contribution >= 4 is 5.97 Å². The van der Waals surface area contributed by atoms with Gasteiger partial charge in [-0.15, -0.1) is 0 Å². The Labute approximate surface area is 143 Å². The zero-order chi connectivity index (χ0) is 17.6. The van der Waals surface area contributed by atoms with Crippen molar-refractivity contribution in [2.24, 2.45) is 11.8 Å². The lowest BCUT2D eigenvalue weighted by atomic mass is 9.64. The van der Waals surface area contributed by atoms with Gasteiger partial charge in [0, 0.05) is 11.5 Å². The summed E-state index contributed by atoms with van der Waals surface area (Å²) < 4.78 is 6.27. The average molecular weight is 332 g/mol. The molecule has 1 heterocycles. The number of phenols is 1. The van der Waals surface area contributed by atoms with Crippen molar-refractivity contribution in [1.29, 1.82) is 0 Å². The number of aryl methyl sites for hydroxylation is 1. The summed E-state index contributed by atoms with van der Waals surface area (Å²) in [5, 5.41) is 20.5. The predicted molar refractivity (Wildman–Crippen MR) is 93.0 cm³/mol. The molecule has 1 fully saturated rings. The lowest BCUT2D eigenvalue weighted by Gasteiger charge is -2.49. The lowest BCUT2D eigenvalue weighted by Crippen LogP contribution is -2.46. The van der Waals surface area contributed by atoms with Crippen LogP contribution in [0.1, 0.15) is 80.8 Å². The molecular weight excluding hydrogens is 304 g/mol. The van der Waals surface area contributed by atoms with Crippen LogP contribution < -0.4 is 4.74 Å². The van der Waals surface area contributed by atoms with Gasteiger partial charge in [0.15, 0.2) is 0 Å². The van der Waals surface area contributed by atoms with E-state index in [0.717, 1.165) is 31.2 Å². The zero-order valence-electron chi connectivity index (χ0n) is 15.1. The van der Waals surface area contributed by atoms with Crippen molar-refractivity contribution < 1.29 is 19.7 Å². The van der Waals surface area contributed by atoms with Crippen molar-refractivity contribution in [3.8, 4) is 11.5 Å². The van der Waals surface area contributed by atoms with E-state index in [1.807, 2.05) is 13.0 Å². The molecule has 24 heavy (non-hydrogen) atoms. The molecule has 0 saturated heterocycles. The van der Waals surface area contributed by atoms with Gasteiger partial charge < -0.3 is 14.9 Å². The molecule has 4 nitrogen and oxygen atoms in total. The number of carbonyl (C=O) groups is 1. The second kappa shape index (κ2) is 5.98. The van der Waals surface area contributed by atoms with Crippen LogP contribution in [0.3, 0.4) is 0 Å². The van der Waals surface area contributed by atoms with Crippen molar-refractivity contribution in [3.63, 3.8) is 0 Å². The fourth-order valence-corrected chi connectivity index (χ4v) is 4.75. The Morgan fingerprint density at radius 1 is 1.38 bits per heavy atom. The monoisotopic (exact) mass is 332 g/mol. The van der Waals surface area contributed by atoms with Gasteiger partial charge in [0.2, 0.25) is 0 Å². The van der Waals surface area contributed by atoms with E-state index in [-0.39, 0.29) is 22.8 Å². The number of fused-ring (bicyclic) bond motifs is 3. The van der Waals surface area contributed by atoms with Gasteiger partial charge in [0.25, 0.3) is 0 Å². The lowest BCUT2D eigenvalue weighted by molar-refractivity contribution is -0.0146. The molecule has 1 aromatic carbocycles. The van der Waals surface area contributed by atoms with E-state index < -0.39 is 5.97 Å². The largest absolute Gasteiger partial charge is 0.507 e. The molecule has 0 amide bonds. The van der Waals surface area contributed by atoms with E-state index in [1.165, 1.54) is 0 Å². The third-order valence-electron chi connectivity index (χ3n) is 5.87. The van der Waals surface area contributed by atoms with Crippen molar-refractivity contribution in [2.75, 3.05) is 0 Å². The predicted octanol–water partition coefficient (Wildman–Crippen LogP) is 4.73. The molecule has 1 unspecified atom stereocenters. The Bertz CT molecular complexity index is 662. The third kappa shape index (κ3) is 2.66. The minimum absolute atomic E-state index is 0.0656. The van der Waals surface area contributed by atoms with Gasteiger partial charge in [-0.05, 0) is 56.6 Å². The highest BCUT2D eigenvalue weighted by molar-refractivity contribution is 5.94. The number of benzene rings is 1. The number of carboxylic acid groups (broad SMARTS) is 1. The summed E-state index contributed by atoms with van der Waals surface area (Å²) in [7, 11) is 0. The number of aromatic hydroxyl groups is 1. The standard InChI is InChI=1S/C20H28O4/c1-5-6-12-10-15-17(18(21)16(12)19(22)23)13-9-11(2)7-8-14(13)20(3,4)24-15/h10-11,13-14,21H,5-9H2,1-4H3,(H,22,23)/t11?,13-,14-/m1/s1. The van der Waals surface area contributed by atoms with E-state index in [0.29, 0.717) is 29.6 Å². The Morgan fingerprint density at radius 2 is 2.08 bits per heavy atom. The third-order valence-corrected chi connectivity index (χ3v) is 5.87. The number of carboxylic acids is 1. The molecule has 4 heteroatoms. The molecule has 0 aromatic heterocycles. The van der Waals surface area contributed by atoms with E-state index in [9.17, 15) is 15.0 Å². The molecule has 1 aliphatic heterocycles. The maximum atomic E-state index is 11.8. The number of aromatic carboxylic acids is 1. The molecule has 0 radical (unpaired) electrons. The molecule has 2 N–H and O–H groups in total. The van der Waals surface area contributed by atoms with E-state index in [1.54, 1.807) is 0 Å². The van der Waals surface area contributed by atoms with Gasteiger partial charge in [0.1, 0.15) is 22.7 Å². The zero-order valence-corrected chi connectivity index (χ0v) is 15.1. The molecule has 0 bridgehead atoms. The molecule has 3 rings (SSSR count). The fourth-order valence-electron chi connectivity index (χ4n) is 4.75. The molecule has 3 atom stereocenters. The SMILES string of the molecule is CCCc1cc2c(c(O)c1C(=O)O)[C@@H]1CC(C)CC[C@H]1C(C)(C)O2. The second-order valence-corrected chi connectivity index (χ2v) is 8.06. The van der Waals surface area contributed by atoms with Crippen molar-refractivity contribution in [3.05, 3.63) is 22.8 Å². The van der Waals surface area contributed by atoms with Crippen LogP contribution in [-0.4, -0.2) is 21.8 Å². The van der Waals surface area contributed by atoms with Gasteiger partial charge in [0.05, 0.1) is 0 Å². The van der Waals surface area contributed by atoms with Crippen LogP contribution in [-0.2, 0) is 6.42 Å². The summed E-state index contributed by atoms with van der Waals surface area (Å²) in [5.74, 6) is 0.622. The number of hydrogen-bond donors (Lipinski definition) is 2. The van der Waals surface area contributed by atoms with Crippen LogP contribution in [0, 0.1) is 11.8 Å². The summed E-state index contributed by atoms with van der Waals surface area (Å²) >= 11 is 0. The van der Waals surface area contributed by atoms with E-state index in [4.69, 9.17) is 4.74 Å². The Hall–Kier alpha value is -1.71. The molecular formula is C20H28O4. The summed E-state index contributed by atoms with van der Waals surface area (Å²) in [6.45, 7) is 8.47. The van der Waals surface area contributed by atoms with Gasteiger partial charge in [-0.3, -0.25) is 0 Å². The second-order valence-electron chi connectivity index (χ2n) is 8.06. The van der Waals surface area contributed by atoms with Crippen molar-refractivity contribution in [1.82, 2.24) is 0 Å². The van der Waals surface area contributed by atoms with Crippen LogP contribution in [0.5, 0.6) is 11.5 Å². The first-order valence-electron chi connectivity index (χ1n) is 9.07. The number of rotatable bonds is 3. The summed E-state index contributed by atoms with van der Waals surface area (Å²) in [4.78, 5) is 11.8. The summed E-state index contributed by atoms with van der Waals surface area (Å²) in [6.07, 6.45) is 4.63. The van der Waals surface area contributed by atoms with Crippen LogP contribution in [0.25, 0.3) is 0 Å². The average Bonchev–Trinajstić information content (AvgIpc) is 2.45. The van der Waals surface area contributed by atoms with Crippen LogP contribution in [0.2, 0.25) is 0 Å². The molecule has 2 aliphatic rings. The highest BCUT2D eigenvalue weighted by atomic mass is 16.5. The quantitative estimate of drug-likeness (QED) is 0.839. The fraction of sp³-hybridized carbons (Fsp3) is 0.650. The number of ether oxygens (including phenoxy) is 1. The molecule has 132 valence electrons.